The minimum atomic E-state index is 0.617. The Kier molecular flexibility index (Phi) is 3.68. The second-order valence-electron chi connectivity index (χ2n) is 5.05. The van der Waals surface area contributed by atoms with Crippen LogP contribution in [0.3, 0.4) is 0 Å². The molecule has 0 N–H and O–H groups in total. The van der Waals surface area contributed by atoms with Gasteiger partial charge in [-0.25, -0.2) is 4.98 Å². The normalized spacial score (nSPS) is 16.3. The van der Waals surface area contributed by atoms with Crippen LogP contribution in [-0.4, -0.2) is 37.5 Å². The van der Waals surface area contributed by atoms with Gasteiger partial charge in [0.15, 0.2) is 0 Å². The van der Waals surface area contributed by atoms with E-state index in [1.54, 1.807) is 6.33 Å². The quantitative estimate of drug-likeness (QED) is 0.811. The lowest BCUT2D eigenvalue weighted by Gasteiger charge is -2.30. The number of nitrogens with zero attached hydrogens (tertiary/aromatic N) is 5. The Morgan fingerprint density at radius 3 is 2.95 bits per heavy atom. The minimum Gasteiger partial charge on any atom is -0.353 e. The van der Waals surface area contributed by atoms with Crippen LogP contribution in [0.4, 0.5) is 5.82 Å². The minimum absolute atomic E-state index is 0.617. The third-order valence-electron chi connectivity index (χ3n) is 3.75. The molecule has 2 aromatic rings. The van der Waals surface area contributed by atoms with Crippen molar-refractivity contribution >= 4 is 27.5 Å². The summed E-state index contributed by atoms with van der Waals surface area (Å²) in [6.45, 7) is 3.00. The third-order valence-corrected chi connectivity index (χ3v) is 4.10. The lowest BCUT2D eigenvalue weighted by Crippen LogP contribution is -2.36. The third kappa shape index (κ3) is 2.45. The summed E-state index contributed by atoms with van der Waals surface area (Å²) in [6, 6.07) is 2.73. The number of rotatable bonds is 4. The monoisotopic (exact) mass is 323 g/mol. The molecule has 0 saturated heterocycles. The van der Waals surface area contributed by atoms with Gasteiger partial charge in [0, 0.05) is 29.7 Å². The van der Waals surface area contributed by atoms with Crippen LogP contribution in [0.5, 0.6) is 0 Å². The first-order valence-corrected chi connectivity index (χ1v) is 7.92. The van der Waals surface area contributed by atoms with Crippen LogP contribution in [0, 0.1) is 6.92 Å². The molecule has 2 aromatic heterocycles. The van der Waals surface area contributed by atoms with E-state index in [2.05, 4.69) is 42.0 Å². The van der Waals surface area contributed by atoms with Crippen LogP contribution in [0.25, 0.3) is 5.78 Å². The highest BCUT2D eigenvalue weighted by Gasteiger charge is 2.24. The second-order valence-corrected chi connectivity index (χ2v) is 5.84. The van der Waals surface area contributed by atoms with Crippen molar-refractivity contribution in [1.82, 2.24) is 19.6 Å². The van der Waals surface area contributed by atoms with Gasteiger partial charge in [0.1, 0.15) is 12.1 Å². The maximum atomic E-state index is 4.42. The number of fused-ring (bicyclic) bond motifs is 1. The zero-order chi connectivity index (χ0) is 13.2. The number of hydrogen-bond donors (Lipinski definition) is 0. The van der Waals surface area contributed by atoms with Crippen molar-refractivity contribution in [2.75, 3.05) is 16.8 Å². The summed E-state index contributed by atoms with van der Waals surface area (Å²) < 4.78 is 1.86. The van der Waals surface area contributed by atoms with E-state index in [-0.39, 0.29) is 0 Å². The molecular weight excluding hydrogens is 306 g/mol. The molecule has 0 unspecified atom stereocenters. The van der Waals surface area contributed by atoms with Crippen molar-refractivity contribution in [1.29, 1.82) is 0 Å². The second kappa shape index (κ2) is 5.45. The molecule has 5 nitrogen and oxygen atoms in total. The van der Waals surface area contributed by atoms with Crippen LogP contribution in [0.1, 0.15) is 31.4 Å². The van der Waals surface area contributed by atoms with E-state index in [4.69, 9.17) is 0 Å². The molecule has 0 atom stereocenters. The highest BCUT2D eigenvalue weighted by atomic mass is 79.9. The number of anilines is 1. The summed E-state index contributed by atoms with van der Waals surface area (Å²) in [5, 5.41) is 5.28. The molecule has 1 fully saturated rings. The van der Waals surface area contributed by atoms with Gasteiger partial charge in [-0.1, -0.05) is 28.8 Å². The predicted molar refractivity (Wildman–Crippen MR) is 78.9 cm³/mol. The van der Waals surface area contributed by atoms with E-state index in [9.17, 15) is 0 Å². The SMILES string of the molecule is Cc1cc(N(CCBr)C2CCCC2)n2ncnc2n1. The zero-order valence-corrected chi connectivity index (χ0v) is 12.7. The van der Waals surface area contributed by atoms with Gasteiger partial charge in [0.25, 0.3) is 5.78 Å². The Labute approximate surface area is 121 Å². The molecule has 6 heteroatoms. The van der Waals surface area contributed by atoms with Crippen molar-refractivity contribution < 1.29 is 0 Å². The Balaban J connectivity index is 2.05. The lowest BCUT2D eigenvalue weighted by molar-refractivity contribution is 0.606. The van der Waals surface area contributed by atoms with Crippen molar-refractivity contribution in [3.05, 3.63) is 18.1 Å². The first-order chi connectivity index (χ1) is 9.29. The molecule has 0 spiro atoms. The molecule has 0 radical (unpaired) electrons. The van der Waals surface area contributed by atoms with Gasteiger partial charge < -0.3 is 4.90 Å². The molecule has 19 heavy (non-hydrogen) atoms. The lowest BCUT2D eigenvalue weighted by atomic mass is 10.2. The molecule has 0 bridgehead atoms. The molecule has 102 valence electrons. The van der Waals surface area contributed by atoms with Gasteiger partial charge in [-0.05, 0) is 19.8 Å². The van der Waals surface area contributed by atoms with E-state index in [0.29, 0.717) is 11.8 Å². The van der Waals surface area contributed by atoms with Crippen molar-refractivity contribution in [3.8, 4) is 0 Å². The summed E-state index contributed by atoms with van der Waals surface area (Å²) in [7, 11) is 0. The standard InChI is InChI=1S/C13H18BrN5/c1-10-8-12(19-13(17-10)15-9-16-19)18(7-6-14)11-4-2-3-5-11/h8-9,11H,2-7H2,1H3. The van der Waals surface area contributed by atoms with Crippen LogP contribution in [-0.2, 0) is 0 Å². The Morgan fingerprint density at radius 1 is 1.42 bits per heavy atom. The molecule has 1 saturated carbocycles. The van der Waals surface area contributed by atoms with Crippen molar-refractivity contribution in [2.45, 2.75) is 38.6 Å². The van der Waals surface area contributed by atoms with Gasteiger partial charge >= 0.3 is 0 Å². The fraction of sp³-hybridized carbons (Fsp3) is 0.615. The van der Waals surface area contributed by atoms with E-state index in [1.807, 2.05) is 11.4 Å². The summed E-state index contributed by atoms with van der Waals surface area (Å²) in [5.41, 5.74) is 0.994. The molecule has 0 aliphatic heterocycles. The smallest absolute Gasteiger partial charge is 0.254 e. The van der Waals surface area contributed by atoms with Crippen molar-refractivity contribution in [3.63, 3.8) is 0 Å². The number of hydrogen-bond acceptors (Lipinski definition) is 4. The molecule has 1 aliphatic carbocycles. The fourth-order valence-electron chi connectivity index (χ4n) is 2.91. The highest BCUT2D eigenvalue weighted by molar-refractivity contribution is 9.09. The number of aryl methyl sites for hydroxylation is 1. The molecule has 0 amide bonds. The average molecular weight is 324 g/mol. The topological polar surface area (TPSA) is 46.3 Å². The van der Waals surface area contributed by atoms with E-state index in [1.165, 1.54) is 25.7 Å². The van der Waals surface area contributed by atoms with Crippen LogP contribution < -0.4 is 4.90 Å². The fourth-order valence-corrected chi connectivity index (χ4v) is 3.29. The maximum Gasteiger partial charge on any atom is 0.254 e. The average Bonchev–Trinajstić information content (AvgIpc) is 3.05. The van der Waals surface area contributed by atoms with Crippen LogP contribution >= 0.6 is 15.9 Å². The van der Waals surface area contributed by atoms with Crippen LogP contribution in [0.2, 0.25) is 0 Å². The number of halogens is 1. The van der Waals surface area contributed by atoms with Crippen LogP contribution in [0.15, 0.2) is 12.4 Å². The Morgan fingerprint density at radius 2 is 2.21 bits per heavy atom. The molecule has 2 heterocycles. The van der Waals surface area contributed by atoms with E-state index < -0.39 is 0 Å². The van der Waals surface area contributed by atoms with E-state index >= 15 is 0 Å². The summed E-state index contributed by atoms with van der Waals surface area (Å²) in [5.74, 6) is 1.80. The maximum absolute atomic E-state index is 4.42. The molecule has 3 rings (SSSR count). The number of aromatic nitrogens is 4. The molecular formula is C13H18BrN5. The van der Waals surface area contributed by atoms with Gasteiger partial charge in [-0.15, -0.1) is 0 Å². The first-order valence-electron chi connectivity index (χ1n) is 6.79. The summed E-state index contributed by atoms with van der Waals surface area (Å²) in [6.07, 6.45) is 6.77. The van der Waals surface area contributed by atoms with Gasteiger partial charge in [-0.2, -0.15) is 14.6 Å². The van der Waals surface area contributed by atoms with Crippen molar-refractivity contribution in [2.24, 2.45) is 0 Å². The Bertz CT molecular complexity index is 561. The first kappa shape index (κ1) is 12.8. The Hall–Kier alpha value is -1.17. The predicted octanol–water partition coefficient (Wildman–Crippen LogP) is 2.58. The number of alkyl halides is 1. The van der Waals surface area contributed by atoms with E-state index in [0.717, 1.165) is 23.4 Å². The van der Waals surface area contributed by atoms with Gasteiger partial charge in [0.05, 0.1) is 0 Å². The summed E-state index contributed by atoms with van der Waals surface area (Å²) in [4.78, 5) is 11.1. The molecule has 0 aromatic carbocycles. The summed E-state index contributed by atoms with van der Waals surface area (Å²) >= 11 is 3.57. The molecule has 1 aliphatic rings. The zero-order valence-electron chi connectivity index (χ0n) is 11.1. The van der Waals surface area contributed by atoms with Gasteiger partial charge in [-0.3, -0.25) is 0 Å². The highest BCUT2D eigenvalue weighted by Crippen LogP contribution is 2.28. The van der Waals surface area contributed by atoms with Gasteiger partial charge in [0.2, 0.25) is 0 Å². The largest absolute Gasteiger partial charge is 0.353 e.